The van der Waals surface area contributed by atoms with Crippen LogP contribution in [0.2, 0.25) is 0 Å². The van der Waals surface area contributed by atoms with Crippen molar-refractivity contribution in [2.75, 3.05) is 0 Å². The third kappa shape index (κ3) is 12.8. The lowest BCUT2D eigenvalue weighted by Crippen LogP contribution is -2.33. The molecule has 2 N–H and O–H groups in total. The van der Waals surface area contributed by atoms with Gasteiger partial charge in [0.15, 0.2) is 6.29 Å². The molecular weight excluding hydrogens is 380 g/mol. The molecule has 0 amide bonds. The summed E-state index contributed by atoms with van der Waals surface area (Å²) in [7, 11) is 0. The number of aliphatic hydroxyl groups is 2. The number of nitro groups is 2. The molecule has 0 spiro atoms. The van der Waals surface area contributed by atoms with E-state index in [4.69, 9.17) is 0 Å². The molecule has 0 aliphatic heterocycles. The molecule has 1 radical (unpaired) electrons. The van der Waals surface area contributed by atoms with Gasteiger partial charge in [-0.15, -0.1) is 0 Å². The summed E-state index contributed by atoms with van der Waals surface area (Å²) in [5.74, 6) is 0. The SMILES string of the molecule is CCC(O)C(C/C=C\CC(C(O)C/C=C\CCCCCC[C]=O)[N+](=O)[O-])[N+](=O)[O-]. The minimum Gasteiger partial charge on any atom is -0.386 e. The molecule has 4 atom stereocenters. The summed E-state index contributed by atoms with van der Waals surface area (Å²) in [6.07, 6.45) is 11.5. The Morgan fingerprint density at radius 2 is 1.34 bits per heavy atom. The lowest BCUT2D eigenvalue weighted by Gasteiger charge is -2.14. The lowest BCUT2D eigenvalue weighted by molar-refractivity contribution is -0.534. The average molecular weight is 413 g/mol. The Bertz CT molecular complexity index is 537. The quantitative estimate of drug-likeness (QED) is 0.152. The topological polar surface area (TPSA) is 144 Å². The number of allylic oxidation sites excluding steroid dienone is 1. The normalized spacial score (nSPS) is 16.0. The summed E-state index contributed by atoms with van der Waals surface area (Å²) in [6, 6.07) is -2.34. The molecule has 0 fully saturated rings. The first kappa shape index (κ1) is 26.9. The minimum absolute atomic E-state index is 0.0205. The van der Waals surface area contributed by atoms with Crippen LogP contribution in [0.4, 0.5) is 0 Å². The molecule has 0 saturated carbocycles. The number of unbranched alkanes of at least 4 members (excludes halogenated alkanes) is 5. The molecule has 0 aromatic carbocycles. The predicted molar refractivity (Wildman–Crippen MR) is 109 cm³/mol. The second-order valence-corrected chi connectivity index (χ2v) is 7.00. The van der Waals surface area contributed by atoms with Crippen LogP contribution in [0.3, 0.4) is 0 Å². The van der Waals surface area contributed by atoms with Crippen molar-refractivity contribution in [2.24, 2.45) is 0 Å². The van der Waals surface area contributed by atoms with Crippen LogP contribution in [-0.4, -0.2) is 50.6 Å². The monoisotopic (exact) mass is 413 g/mol. The Morgan fingerprint density at radius 3 is 1.86 bits per heavy atom. The number of rotatable bonds is 18. The molecule has 0 rings (SSSR count). The van der Waals surface area contributed by atoms with Crippen LogP contribution in [0, 0.1) is 20.2 Å². The molecule has 9 nitrogen and oxygen atoms in total. The number of carbonyl (C=O) groups excluding carboxylic acids is 1. The van der Waals surface area contributed by atoms with Crippen LogP contribution in [-0.2, 0) is 4.79 Å². The Hall–Kier alpha value is -2.13. The fourth-order valence-corrected chi connectivity index (χ4v) is 2.83. The van der Waals surface area contributed by atoms with E-state index < -0.39 is 34.1 Å². The van der Waals surface area contributed by atoms with Crippen molar-refractivity contribution in [3.63, 3.8) is 0 Å². The van der Waals surface area contributed by atoms with Crippen molar-refractivity contribution in [1.29, 1.82) is 0 Å². The van der Waals surface area contributed by atoms with E-state index in [2.05, 4.69) is 0 Å². The van der Waals surface area contributed by atoms with Crippen LogP contribution in [0.25, 0.3) is 0 Å². The predicted octanol–water partition coefficient (Wildman–Crippen LogP) is 3.14. The zero-order chi connectivity index (χ0) is 22.1. The molecule has 165 valence electrons. The van der Waals surface area contributed by atoms with Crippen molar-refractivity contribution in [2.45, 2.75) is 95.4 Å². The fourth-order valence-electron chi connectivity index (χ4n) is 2.83. The molecule has 0 aromatic rings. The third-order valence-electron chi connectivity index (χ3n) is 4.71. The molecule has 0 saturated heterocycles. The summed E-state index contributed by atoms with van der Waals surface area (Å²) in [6.45, 7) is 1.64. The average Bonchev–Trinajstić information content (AvgIpc) is 2.68. The van der Waals surface area contributed by atoms with Crippen molar-refractivity contribution in [1.82, 2.24) is 0 Å². The van der Waals surface area contributed by atoms with E-state index in [1.165, 1.54) is 12.2 Å². The molecule has 9 heteroatoms. The lowest BCUT2D eigenvalue weighted by atomic mass is 10.0. The zero-order valence-corrected chi connectivity index (χ0v) is 17.0. The van der Waals surface area contributed by atoms with Crippen molar-refractivity contribution >= 4 is 6.29 Å². The van der Waals surface area contributed by atoms with Gasteiger partial charge in [-0.2, -0.15) is 0 Å². The third-order valence-corrected chi connectivity index (χ3v) is 4.71. The first-order valence-electron chi connectivity index (χ1n) is 10.1. The zero-order valence-electron chi connectivity index (χ0n) is 17.0. The highest BCUT2D eigenvalue weighted by Gasteiger charge is 2.29. The molecule has 0 aromatic heterocycles. The van der Waals surface area contributed by atoms with Gasteiger partial charge in [-0.3, -0.25) is 25.0 Å². The highest BCUT2D eigenvalue weighted by atomic mass is 16.6. The molecule has 0 aliphatic carbocycles. The van der Waals surface area contributed by atoms with E-state index in [0.29, 0.717) is 6.42 Å². The van der Waals surface area contributed by atoms with Gasteiger partial charge in [0.2, 0.25) is 12.1 Å². The largest absolute Gasteiger partial charge is 0.386 e. The summed E-state index contributed by atoms with van der Waals surface area (Å²) in [4.78, 5) is 31.1. The molecular formula is C20H33N2O7. The smallest absolute Gasteiger partial charge is 0.242 e. The summed E-state index contributed by atoms with van der Waals surface area (Å²) >= 11 is 0. The van der Waals surface area contributed by atoms with E-state index in [1.54, 1.807) is 13.0 Å². The summed E-state index contributed by atoms with van der Waals surface area (Å²) in [5.41, 5.74) is 0. The standard InChI is InChI=1S/C20H33N2O7/c1-2-19(24)17(21(26)27)13-10-11-14-18(22(28)29)20(25)15-9-7-5-3-4-6-8-12-16-23/h7,9-11,17-20,24-25H,2-6,8,12-15H2,1H3/b9-7-,11-10-. The minimum atomic E-state index is -1.19. The maximum atomic E-state index is 11.2. The van der Waals surface area contributed by atoms with Gasteiger partial charge in [0, 0.05) is 29.1 Å². The van der Waals surface area contributed by atoms with Crippen molar-refractivity contribution < 1.29 is 24.9 Å². The first-order chi connectivity index (χ1) is 13.8. The van der Waals surface area contributed by atoms with Gasteiger partial charge < -0.3 is 10.2 Å². The van der Waals surface area contributed by atoms with E-state index in [0.717, 1.165) is 32.1 Å². The maximum absolute atomic E-state index is 11.2. The van der Waals surface area contributed by atoms with Crippen LogP contribution in [0.15, 0.2) is 24.3 Å². The van der Waals surface area contributed by atoms with E-state index in [9.17, 15) is 35.2 Å². The van der Waals surface area contributed by atoms with E-state index >= 15 is 0 Å². The number of hydrogen-bond donors (Lipinski definition) is 2. The van der Waals surface area contributed by atoms with Crippen LogP contribution in [0.1, 0.15) is 71.1 Å². The molecule has 29 heavy (non-hydrogen) atoms. The van der Waals surface area contributed by atoms with E-state index in [-0.39, 0.29) is 25.7 Å². The van der Waals surface area contributed by atoms with Gasteiger partial charge in [-0.05, 0) is 32.1 Å². The highest BCUT2D eigenvalue weighted by Crippen LogP contribution is 2.13. The summed E-state index contributed by atoms with van der Waals surface area (Å²) in [5, 5.41) is 41.9. The molecule has 4 unspecified atom stereocenters. The van der Waals surface area contributed by atoms with Crippen molar-refractivity contribution in [3.05, 3.63) is 44.5 Å². The molecule has 0 bridgehead atoms. The van der Waals surface area contributed by atoms with Gasteiger partial charge in [0.25, 0.3) is 0 Å². The van der Waals surface area contributed by atoms with Crippen LogP contribution in [0.5, 0.6) is 0 Å². The van der Waals surface area contributed by atoms with Crippen LogP contribution >= 0.6 is 0 Å². The Balaban J connectivity index is 4.34. The van der Waals surface area contributed by atoms with Crippen molar-refractivity contribution in [3.8, 4) is 0 Å². The van der Waals surface area contributed by atoms with Gasteiger partial charge in [0.05, 0.1) is 0 Å². The second kappa shape index (κ2) is 16.8. The van der Waals surface area contributed by atoms with Gasteiger partial charge in [-0.1, -0.05) is 44.1 Å². The Morgan fingerprint density at radius 1 is 0.828 bits per heavy atom. The molecule has 0 heterocycles. The second-order valence-electron chi connectivity index (χ2n) is 7.00. The molecule has 0 aliphatic rings. The Kier molecular flexibility index (Phi) is 15.6. The number of aliphatic hydroxyl groups excluding tert-OH is 2. The Labute approximate surface area is 171 Å². The van der Waals surface area contributed by atoms with Gasteiger partial charge in [0.1, 0.15) is 12.2 Å². The number of hydrogen-bond acceptors (Lipinski definition) is 7. The first-order valence-corrected chi connectivity index (χ1v) is 10.1. The van der Waals surface area contributed by atoms with E-state index in [1.807, 2.05) is 12.4 Å². The van der Waals surface area contributed by atoms with Gasteiger partial charge >= 0.3 is 0 Å². The fraction of sp³-hybridized carbons (Fsp3) is 0.750. The number of nitrogens with zero attached hydrogens (tertiary/aromatic N) is 2. The van der Waals surface area contributed by atoms with Crippen LogP contribution < -0.4 is 0 Å². The summed E-state index contributed by atoms with van der Waals surface area (Å²) < 4.78 is 0. The van der Waals surface area contributed by atoms with Gasteiger partial charge in [-0.25, -0.2) is 0 Å². The highest BCUT2D eigenvalue weighted by molar-refractivity contribution is 5.50. The maximum Gasteiger partial charge on any atom is 0.242 e.